The number of carbonyl (C=O) groups excluding carboxylic acids is 1. The zero-order valence-electron chi connectivity index (χ0n) is 16.1. The number of amides is 1. The topological polar surface area (TPSA) is 76.1 Å². The number of carboxylic acids is 1. The fourth-order valence-electron chi connectivity index (χ4n) is 2.42. The van der Waals surface area contributed by atoms with Crippen LogP contribution in [0.15, 0.2) is 48.5 Å². The Bertz CT molecular complexity index is 776. The predicted molar refractivity (Wildman–Crippen MR) is 102 cm³/mol. The maximum Gasteiger partial charge on any atom is 0.341 e. The second-order valence-electron chi connectivity index (χ2n) is 7.23. The summed E-state index contributed by atoms with van der Waals surface area (Å²) in [5.74, 6) is 0.0788. The summed E-state index contributed by atoms with van der Waals surface area (Å²) in [5, 5.41) is 8.61. The number of benzene rings is 2. The van der Waals surface area contributed by atoms with E-state index in [-0.39, 0.29) is 18.1 Å². The molecule has 0 aliphatic rings. The van der Waals surface area contributed by atoms with Crippen molar-refractivity contribution in [2.75, 3.05) is 13.7 Å². The van der Waals surface area contributed by atoms with Crippen molar-refractivity contribution in [3.63, 3.8) is 0 Å². The molecule has 0 atom stereocenters. The quantitative estimate of drug-likeness (QED) is 0.805. The van der Waals surface area contributed by atoms with Gasteiger partial charge in [0.15, 0.2) is 6.61 Å². The average Bonchev–Trinajstić information content (AvgIpc) is 2.59. The largest absolute Gasteiger partial charge is 0.488 e. The molecule has 1 N–H and O–H groups in total. The lowest BCUT2D eigenvalue weighted by atomic mass is 10.1. The highest BCUT2D eigenvalue weighted by Crippen LogP contribution is 2.20. The molecule has 0 saturated heterocycles. The van der Waals surface area contributed by atoms with Crippen molar-refractivity contribution in [2.45, 2.75) is 32.9 Å². The molecule has 0 fully saturated rings. The first-order valence-electron chi connectivity index (χ1n) is 8.62. The molecule has 0 saturated carbocycles. The lowest BCUT2D eigenvalue weighted by molar-refractivity contribution is -0.139. The normalized spacial score (nSPS) is 11.0. The molecule has 1 amide bonds. The number of carboxylic acid groups (broad SMARTS) is 1. The third-order valence-electron chi connectivity index (χ3n) is 3.58. The van der Waals surface area contributed by atoms with Crippen molar-refractivity contribution in [1.29, 1.82) is 0 Å². The fraction of sp³-hybridized carbons (Fsp3) is 0.333. The van der Waals surface area contributed by atoms with E-state index in [1.54, 1.807) is 60.5 Å². The first-order chi connectivity index (χ1) is 12.6. The molecule has 0 bridgehead atoms. The van der Waals surface area contributed by atoms with Crippen LogP contribution >= 0.6 is 0 Å². The highest BCUT2D eigenvalue weighted by molar-refractivity contribution is 5.94. The Hall–Kier alpha value is -3.02. The van der Waals surface area contributed by atoms with Crippen LogP contribution in [0.5, 0.6) is 11.5 Å². The summed E-state index contributed by atoms with van der Waals surface area (Å²) in [6.07, 6.45) is 0. The van der Waals surface area contributed by atoms with Gasteiger partial charge >= 0.3 is 5.97 Å². The predicted octanol–water partition coefficient (Wildman–Crippen LogP) is 3.60. The number of hydrogen-bond acceptors (Lipinski definition) is 4. The summed E-state index contributed by atoms with van der Waals surface area (Å²) < 4.78 is 10.9. The molecule has 144 valence electrons. The molecule has 0 aliphatic carbocycles. The summed E-state index contributed by atoms with van der Waals surface area (Å²) in [6, 6.07) is 14.1. The van der Waals surface area contributed by atoms with Crippen LogP contribution in [0, 0.1) is 0 Å². The van der Waals surface area contributed by atoms with Crippen molar-refractivity contribution in [3.8, 4) is 11.5 Å². The smallest absolute Gasteiger partial charge is 0.341 e. The van der Waals surface area contributed by atoms with Gasteiger partial charge in [-0.2, -0.15) is 0 Å². The molecule has 0 spiro atoms. The Balaban J connectivity index is 1.95. The maximum absolute atomic E-state index is 12.6. The van der Waals surface area contributed by atoms with E-state index >= 15 is 0 Å². The minimum atomic E-state index is -1.02. The molecule has 27 heavy (non-hydrogen) atoms. The van der Waals surface area contributed by atoms with Gasteiger partial charge in [0.05, 0.1) is 0 Å². The van der Waals surface area contributed by atoms with Crippen LogP contribution in [0.4, 0.5) is 0 Å². The molecule has 0 aromatic heterocycles. The molecule has 2 rings (SSSR count). The van der Waals surface area contributed by atoms with Gasteiger partial charge in [-0.15, -0.1) is 0 Å². The lowest BCUT2D eigenvalue weighted by Gasteiger charge is -2.22. The molecular weight excluding hydrogens is 346 g/mol. The van der Waals surface area contributed by atoms with Crippen LogP contribution < -0.4 is 9.47 Å². The Morgan fingerprint density at radius 1 is 0.963 bits per heavy atom. The number of carbonyl (C=O) groups is 2. The minimum absolute atomic E-state index is 0.0940. The first kappa shape index (κ1) is 20.3. The van der Waals surface area contributed by atoms with Gasteiger partial charge in [-0.25, -0.2) is 4.79 Å². The summed E-state index contributed by atoms with van der Waals surface area (Å²) in [5.41, 5.74) is 1.21. The average molecular weight is 371 g/mol. The van der Waals surface area contributed by atoms with Gasteiger partial charge in [0.1, 0.15) is 17.1 Å². The van der Waals surface area contributed by atoms with Crippen molar-refractivity contribution in [2.24, 2.45) is 0 Å². The Kier molecular flexibility index (Phi) is 6.45. The molecular formula is C21H25NO5. The number of aliphatic carboxylic acids is 1. The Morgan fingerprint density at radius 3 is 2.04 bits per heavy atom. The monoisotopic (exact) mass is 371 g/mol. The highest BCUT2D eigenvalue weighted by Gasteiger charge is 2.15. The van der Waals surface area contributed by atoms with Crippen LogP contribution in [0.1, 0.15) is 36.7 Å². The van der Waals surface area contributed by atoms with Gasteiger partial charge in [0.2, 0.25) is 0 Å². The summed E-state index contributed by atoms with van der Waals surface area (Å²) in [4.78, 5) is 24.7. The van der Waals surface area contributed by atoms with Gasteiger partial charge < -0.3 is 19.5 Å². The molecule has 0 aliphatic heterocycles. The van der Waals surface area contributed by atoms with Crippen molar-refractivity contribution in [1.82, 2.24) is 4.90 Å². The molecule has 0 unspecified atom stereocenters. The summed E-state index contributed by atoms with van der Waals surface area (Å²) in [6.45, 7) is 5.96. The van der Waals surface area contributed by atoms with Gasteiger partial charge in [0, 0.05) is 19.2 Å². The third-order valence-corrected chi connectivity index (χ3v) is 3.58. The standard InChI is InChI=1S/C21H25NO5/c1-21(2,3)27-18-11-7-16(8-12-18)20(25)22(4)13-15-5-9-17(10-6-15)26-14-19(23)24/h5-12H,13-14H2,1-4H3,(H,23,24). The first-order valence-corrected chi connectivity index (χ1v) is 8.62. The number of hydrogen-bond donors (Lipinski definition) is 1. The van der Waals surface area contributed by atoms with Crippen molar-refractivity contribution >= 4 is 11.9 Å². The van der Waals surface area contributed by atoms with E-state index in [1.165, 1.54) is 0 Å². The Labute approximate surface area is 159 Å². The van der Waals surface area contributed by atoms with Gasteiger partial charge in [0.25, 0.3) is 5.91 Å². The fourth-order valence-corrected chi connectivity index (χ4v) is 2.42. The van der Waals surface area contributed by atoms with Crippen LogP contribution in [0.3, 0.4) is 0 Å². The molecule has 2 aromatic rings. The van der Waals surface area contributed by atoms with Crippen LogP contribution in [-0.2, 0) is 11.3 Å². The van der Waals surface area contributed by atoms with E-state index in [2.05, 4.69) is 0 Å². The zero-order chi connectivity index (χ0) is 20.0. The van der Waals surface area contributed by atoms with Crippen LogP contribution in [0.25, 0.3) is 0 Å². The van der Waals surface area contributed by atoms with Crippen LogP contribution in [-0.4, -0.2) is 41.1 Å². The van der Waals surface area contributed by atoms with E-state index in [4.69, 9.17) is 14.6 Å². The van der Waals surface area contributed by atoms with E-state index in [1.807, 2.05) is 20.8 Å². The van der Waals surface area contributed by atoms with E-state index in [0.717, 1.165) is 11.3 Å². The van der Waals surface area contributed by atoms with Gasteiger partial charge in [-0.05, 0) is 62.7 Å². The number of ether oxygens (including phenoxy) is 2. The zero-order valence-corrected chi connectivity index (χ0v) is 16.1. The second-order valence-corrected chi connectivity index (χ2v) is 7.23. The third kappa shape index (κ3) is 6.66. The molecule has 2 aromatic carbocycles. The molecule has 0 radical (unpaired) electrons. The molecule has 6 nitrogen and oxygen atoms in total. The minimum Gasteiger partial charge on any atom is -0.488 e. The number of nitrogens with zero attached hydrogens (tertiary/aromatic N) is 1. The molecule has 0 heterocycles. The van der Waals surface area contributed by atoms with Gasteiger partial charge in [-0.3, -0.25) is 4.79 Å². The van der Waals surface area contributed by atoms with Crippen molar-refractivity contribution < 1.29 is 24.2 Å². The van der Waals surface area contributed by atoms with Gasteiger partial charge in [-0.1, -0.05) is 12.1 Å². The Morgan fingerprint density at radius 2 is 1.52 bits per heavy atom. The second kappa shape index (κ2) is 8.58. The highest BCUT2D eigenvalue weighted by atomic mass is 16.5. The van der Waals surface area contributed by atoms with E-state index in [9.17, 15) is 9.59 Å². The SMILES string of the molecule is CN(Cc1ccc(OCC(=O)O)cc1)C(=O)c1ccc(OC(C)(C)C)cc1. The summed E-state index contributed by atoms with van der Waals surface area (Å²) in [7, 11) is 1.73. The van der Waals surface area contributed by atoms with Crippen LogP contribution in [0.2, 0.25) is 0 Å². The molecule has 6 heteroatoms. The lowest BCUT2D eigenvalue weighted by Crippen LogP contribution is -2.26. The maximum atomic E-state index is 12.6. The van der Waals surface area contributed by atoms with E-state index < -0.39 is 5.97 Å². The summed E-state index contributed by atoms with van der Waals surface area (Å²) >= 11 is 0. The van der Waals surface area contributed by atoms with Crippen molar-refractivity contribution in [3.05, 3.63) is 59.7 Å². The van der Waals surface area contributed by atoms with E-state index in [0.29, 0.717) is 17.9 Å². The number of rotatable bonds is 7.